The summed E-state index contributed by atoms with van der Waals surface area (Å²) in [5.74, 6) is 0.480. The van der Waals surface area contributed by atoms with E-state index in [1.54, 1.807) is 6.08 Å². The molecule has 2 rings (SSSR count). The van der Waals surface area contributed by atoms with Crippen molar-refractivity contribution in [1.29, 1.82) is 0 Å². The van der Waals surface area contributed by atoms with Crippen molar-refractivity contribution in [2.75, 3.05) is 7.11 Å². The first-order valence-electron chi connectivity index (χ1n) is 6.78. The van der Waals surface area contributed by atoms with E-state index in [0.717, 1.165) is 16.9 Å². The van der Waals surface area contributed by atoms with Crippen molar-refractivity contribution >= 4 is 5.97 Å². The van der Waals surface area contributed by atoms with Gasteiger partial charge in [0.05, 0.1) is 7.11 Å². The molecule has 0 saturated carbocycles. The fourth-order valence-electron chi connectivity index (χ4n) is 1.90. The maximum Gasteiger partial charge on any atom is 0.330 e. The summed E-state index contributed by atoms with van der Waals surface area (Å²) in [7, 11) is 1.36. The van der Waals surface area contributed by atoms with E-state index in [2.05, 4.69) is 4.74 Å². The van der Waals surface area contributed by atoms with Crippen LogP contribution in [0.15, 0.2) is 66.7 Å². The van der Waals surface area contributed by atoms with E-state index in [4.69, 9.17) is 4.74 Å². The first-order valence-corrected chi connectivity index (χ1v) is 6.78. The van der Waals surface area contributed by atoms with E-state index >= 15 is 0 Å². The number of methoxy groups -OCH3 is 1. The maximum absolute atomic E-state index is 11.1. The lowest BCUT2D eigenvalue weighted by Gasteiger charge is -2.10. The summed E-state index contributed by atoms with van der Waals surface area (Å²) in [6.07, 6.45) is 3.82. The van der Waals surface area contributed by atoms with E-state index in [1.807, 2.05) is 54.6 Å². The monoisotopic (exact) mass is 282 g/mol. The lowest BCUT2D eigenvalue weighted by molar-refractivity contribution is -0.134. The third-order valence-electron chi connectivity index (χ3n) is 3.00. The average Bonchev–Trinajstić information content (AvgIpc) is 2.54. The largest absolute Gasteiger partial charge is 0.489 e. The Balaban J connectivity index is 2.00. The van der Waals surface area contributed by atoms with Crippen LogP contribution in [0, 0.1) is 0 Å². The van der Waals surface area contributed by atoms with Crippen LogP contribution in [0.2, 0.25) is 0 Å². The second kappa shape index (κ2) is 7.90. The summed E-state index contributed by atoms with van der Waals surface area (Å²) in [5, 5.41) is 0. The minimum absolute atomic E-state index is 0.349. The SMILES string of the molecule is COC(=O)C=CCc1ccccc1OCc1ccccc1. The summed E-state index contributed by atoms with van der Waals surface area (Å²) in [6.45, 7) is 0.526. The predicted molar refractivity (Wildman–Crippen MR) is 82.1 cm³/mol. The van der Waals surface area contributed by atoms with Crippen molar-refractivity contribution < 1.29 is 14.3 Å². The summed E-state index contributed by atoms with van der Waals surface area (Å²) in [6, 6.07) is 17.8. The van der Waals surface area contributed by atoms with Crippen LogP contribution in [0.5, 0.6) is 5.75 Å². The van der Waals surface area contributed by atoms with Gasteiger partial charge in [-0.25, -0.2) is 4.79 Å². The lowest BCUT2D eigenvalue weighted by Crippen LogP contribution is -1.98. The quantitative estimate of drug-likeness (QED) is 0.600. The highest BCUT2D eigenvalue weighted by atomic mass is 16.5. The van der Waals surface area contributed by atoms with Crippen molar-refractivity contribution in [3.05, 3.63) is 77.9 Å². The molecule has 0 aliphatic carbocycles. The highest BCUT2D eigenvalue weighted by Crippen LogP contribution is 2.20. The van der Waals surface area contributed by atoms with Gasteiger partial charge in [0.1, 0.15) is 12.4 Å². The molecular weight excluding hydrogens is 264 g/mol. The number of esters is 1. The standard InChI is InChI=1S/C18H18O3/c1-20-18(19)13-7-11-16-10-5-6-12-17(16)21-14-15-8-3-2-4-9-15/h2-10,12-13H,11,14H2,1H3. The van der Waals surface area contributed by atoms with Crippen LogP contribution in [0.4, 0.5) is 0 Å². The molecule has 2 aromatic rings. The molecule has 2 aromatic carbocycles. The Morgan fingerprint density at radius 1 is 1.05 bits per heavy atom. The van der Waals surface area contributed by atoms with Crippen molar-refractivity contribution in [2.45, 2.75) is 13.0 Å². The first-order chi connectivity index (χ1) is 10.3. The molecule has 0 saturated heterocycles. The second-order valence-electron chi connectivity index (χ2n) is 4.51. The number of hydrogen-bond donors (Lipinski definition) is 0. The first kappa shape index (κ1) is 14.9. The molecule has 0 aliphatic rings. The third-order valence-corrected chi connectivity index (χ3v) is 3.00. The number of rotatable bonds is 6. The van der Waals surface area contributed by atoms with Crippen molar-refractivity contribution in [3.63, 3.8) is 0 Å². The lowest BCUT2D eigenvalue weighted by atomic mass is 10.1. The maximum atomic E-state index is 11.1. The van der Waals surface area contributed by atoms with E-state index in [0.29, 0.717) is 13.0 Å². The summed E-state index contributed by atoms with van der Waals surface area (Å²) in [4.78, 5) is 11.1. The molecule has 0 radical (unpaired) electrons. The highest BCUT2D eigenvalue weighted by Gasteiger charge is 2.02. The van der Waals surface area contributed by atoms with E-state index in [-0.39, 0.29) is 5.97 Å². The van der Waals surface area contributed by atoms with E-state index in [9.17, 15) is 4.79 Å². The Labute approximate surface area is 124 Å². The summed E-state index contributed by atoms with van der Waals surface area (Å²) >= 11 is 0. The molecule has 0 N–H and O–H groups in total. The van der Waals surface area contributed by atoms with Gasteiger partial charge in [-0.05, 0) is 23.6 Å². The Morgan fingerprint density at radius 3 is 2.52 bits per heavy atom. The minimum Gasteiger partial charge on any atom is -0.489 e. The molecule has 0 fully saturated rings. The van der Waals surface area contributed by atoms with Gasteiger partial charge in [-0.2, -0.15) is 0 Å². The third kappa shape index (κ3) is 4.80. The predicted octanol–water partition coefficient (Wildman–Crippen LogP) is 3.54. The smallest absolute Gasteiger partial charge is 0.330 e. The fraction of sp³-hybridized carbons (Fsp3) is 0.167. The molecule has 3 heteroatoms. The number of allylic oxidation sites excluding steroid dienone is 1. The fourth-order valence-corrected chi connectivity index (χ4v) is 1.90. The minimum atomic E-state index is -0.349. The van der Waals surface area contributed by atoms with Gasteiger partial charge in [-0.15, -0.1) is 0 Å². The van der Waals surface area contributed by atoms with Crippen LogP contribution in [0.1, 0.15) is 11.1 Å². The molecule has 0 bridgehead atoms. The van der Waals surface area contributed by atoms with Gasteiger partial charge in [-0.3, -0.25) is 0 Å². The molecule has 3 nitrogen and oxygen atoms in total. The van der Waals surface area contributed by atoms with E-state index in [1.165, 1.54) is 13.2 Å². The van der Waals surface area contributed by atoms with Crippen LogP contribution >= 0.6 is 0 Å². The molecule has 0 aromatic heterocycles. The van der Waals surface area contributed by atoms with Gasteiger partial charge < -0.3 is 9.47 Å². The topological polar surface area (TPSA) is 35.5 Å². The van der Waals surface area contributed by atoms with Crippen LogP contribution in [0.3, 0.4) is 0 Å². The molecule has 0 atom stereocenters. The van der Waals surface area contributed by atoms with Gasteiger partial charge in [0.15, 0.2) is 0 Å². The van der Waals surface area contributed by atoms with Crippen molar-refractivity contribution in [1.82, 2.24) is 0 Å². The van der Waals surface area contributed by atoms with Crippen molar-refractivity contribution in [2.24, 2.45) is 0 Å². The van der Waals surface area contributed by atoms with Gasteiger partial charge >= 0.3 is 5.97 Å². The molecule has 0 spiro atoms. The van der Waals surface area contributed by atoms with Crippen molar-refractivity contribution in [3.8, 4) is 5.75 Å². The Bertz CT molecular complexity index is 603. The second-order valence-corrected chi connectivity index (χ2v) is 4.51. The number of para-hydroxylation sites is 1. The molecular formula is C18H18O3. The van der Waals surface area contributed by atoms with Crippen LogP contribution < -0.4 is 4.74 Å². The number of benzene rings is 2. The molecule has 0 aliphatic heterocycles. The van der Waals surface area contributed by atoms with Gasteiger partial charge in [0.2, 0.25) is 0 Å². The Kier molecular flexibility index (Phi) is 5.59. The van der Waals surface area contributed by atoms with Gasteiger partial charge in [0, 0.05) is 6.08 Å². The zero-order chi connectivity index (χ0) is 14.9. The number of carbonyl (C=O) groups is 1. The van der Waals surface area contributed by atoms with Crippen LogP contribution in [-0.4, -0.2) is 13.1 Å². The molecule has 21 heavy (non-hydrogen) atoms. The van der Waals surface area contributed by atoms with Gasteiger partial charge in [-0.1, -0.05) is 54.6 Å². The molecule has 0 heterocycles. The van der Waals surface area contributed by atoms with Crippen LogP contribution in [-0.2, 0) is 22.6 Å². The zero-order valence-corrected chi connectivity index (χ0v) is 12.0. The van der Waals surface area contributed by atoms with E-state index < -0.39 is 0 Å². The zero-order valence-electron chi connectivity index (χ0n) is 12.0. The number of hydrogen-bond acceptors (Lipinski definition) is 3. The Hall–Kier alpha value is -2.55. The summed E-state index contributed by atoms with van der Waals surface area (Å²) < 4.78 is 10.4. The average molecular weight is 282 g/mol. The van der Waals surface area contributed by atoms with Gasteiger partial charge in [0.25, 0.3) is 0 Å². The normalized spacial score (nSPS) is 10.5. The summed E-state index contributed by atoms with van der Waals surface area (Å²) in [5.41, 5.74) is 2.16. The Morgan fingerprint density at radius 2 is 1.76 bits per heavy atom. The number of carbonyl (C=O) groups excluding carboxylic acids is 1. The van der Waals surface area contributed by atoms with Crippen LogP contribution in [0.25, 0.3) is 0 Å². The molecule has 0 unspecified atom stereocenters. The molecule has 0 amide bonds. The molecule has 108 valence electrons. The highest BCUT2D eigenvalue weighted by molar-refractivity contribution is 5.81. The number of ether oxygens (including phenoxy) is 2.